The zero-order valence-electron chi connectivity index (χ0n) is 12.4. The first kappa shape index (κ1) is 15.0. The molecule has 0 aliphatic carbocycles. The minimum absolute atomic E-state index is 0.0352. The van der Waals surface area contributed by atoms with Gasteiger partial charge >= 0.3 is 0 Å². The quantitative estimate of drug-likeness (QED) is 0.614. The van der Waals surface area contributed by atoms with Crippen molar-refractivity contribution in [2.75, 3.05) is 0 Å². The van der Waals surface area contributed by atoms with E-state index in [1.54, 1.807) is 6.07 Å². The van der Waals surface area contributed by atoms with Gasteiger partial charge in [0.2, 0.25) is 0 Å². The molecule has 2 aromatic rings. The molecule has 0 saturated carbocycles. The molecular weight excluding hydrogens is 255 g/mol. The molecule has 4 heteroatoms. The van der Waals surface area contributed by atoms with E-state index in [9.17, 15) is 4.39 Å². The van der Waals surface area contributed by atoms with E-state index in [4.69, 9.17) is 10.3 Å². The van der Waals surface area contributed by atoms with Crippen LogP contribution in [0.3, 0.4) is 0 Å². The maximum atomic E-state index is 13.3. The van der Waals surface area contributed by atoms with Crippen LogP contribution in [0.5, 0.6) is 0 Å². The Balaban J connectivity index is 2.32. The van der Waals surface area contributed by atoms with Crippen LogP contribution in [0, 0.1) is 18.7 Å². The third-order valence-corrected chi connectivity index (χ3v) is 3.87. The molecule has 0 aliphatic rings. The Bertz CT molecular complexity index is 579. The number of hydrogen-bond donors (Lipinski definition) is 2. The molecule has 3 nitrogen and oxygen atoms in total. The van der Waals surface area contributed by atoms with Crippen molar-refractivity contribution in [2.24, 2.45) is 11.8 Å². The van der Waals surface area contributed by atoms with Gasteiger partial charge in [-0.15, -0.1) is 0 Å². The molecule has 0 amide bonds. The summed E-state index contributed by atoms with van der Waals surface area (Å²) in [5, 5.41) is 0.823. The summed E-state index contributed by atoms with van der Waals surface area (Å²) in [6.45, 7) is 6.34. The Morgan fingerprint density at radius 1 is 1.40 bits per heavy atom. The van der Waals surface area contributed by atoms with Gasteiger partial charge in [0.15, 0.2) is 0 Å². The number of nitrogens with one attached hydrogen (secondary N) is 1. The molecule has 110 valence electrons. The average molecular weight is 278 g/mol. The number of furan rings is 1. The van der Waals surface area contributed by atoms with E-state index >= 15 is 0 Å². The maximum Gasteiger partial charge on any atom is 0.134 e. The fourth-order valence-electron chi connectivity index (χ4n) is 2.81. The molecular formula is C16H23FN2O. The van der Waals surface area contributed by atoms with Crippen molar-refractivity contribution in [3.8, 4) is 0 Å². The zero-order valence-corrected chi connectivity index (χ0v) is 12.4. The van der Waals surface area contributed by atoms with Crippen molar-refractivity contribution in [1.82, 2.24) is 5.43 Å². The van der Waals surface area contributed by atoms with E-state index in [0.717, 1.165) is 36.0 Å². The number of halogens is 1. The molecule has 2 unspecified atom stereocenters. The van der Waals surface area contributed by atoms with E-state index in [0.29, 0.717) is 11.5 Å². The molecule has 0 fully saturated rings. The number of hydrazine groups is 1. The van der Waals surface area contributed by atoms with Crippen LogP contribution >= 0.6 is 0 Å². The maximum absolute atomic E-state index is 13.3. The summed E-state index contributed by atoms with van der Waals surface area (Å²) in [5.74, 6) is 6.82. The van der Waals surface area contributed by atoms with Gasteiger partial charge in [0.25, 0.3) is 0 Å². The van der Waals surface area contributed by atoms with Crippen LogP contribution < -0.4 is 11.3 Å². The first-order chi connectivity index (χ1) is 9.56. The summed E-state index contributed by atoms with van der Waals surface area (Å²) in [6.07, 6.45) is 3.22. The predicted octanol–water partition coefficient (Wildman–Crippen LogP) is 4.21. The Morgan fingerprint density at radius 2 is 2.15 bits per heavy atom. The van der Waals surface area contributed by atoms with Gasteiger partial charge in [-0.3, -0.25) is 5.84 Å². The summed E-state index contributed by atoms with van der Waals surface area (Å²) in [6, 6.07) is 4.57. The van der Waals surface area contributed by atoms with Crippen LogP contribution in [-0.4, -0.2) is 0 Å². The van der Waals surface area contributed by atoms with Crippen LogP contribution in [-0.2, 0) is 0 Å². The number of hydrogen-bond acceptors (Lipinski definition) is 3. The lowest BCUT2D eigenvalue weighted by Gasteiger charge is -2.18. The van der Waals surface area contributed by atoms with Crippen LogP contribution in [0.2, 0.25) is 0 Å². The van der Waals surface area contributed by atoms with E-state index in [-0.39, 0.29) is 11.9 Å². The molecule has 1 aromatic carbocycles. The highest BCUT2D eigenvalue weighted by molar-refractivity contribution is 5.82. The smallest absolute Gasteiger partial charge is 0.134 e. The lowest BCUT2D eigenvalue weighted by atomic mass is 9.95. The minimum Gasteiger partial charge on any atom is -0.459 e. The van der Waals surface area contributed by atoms with Gasteiger partial charge in [-0.2, -0.15) is 0 Å². The normalized spacial score (nSPS) is 14.7. The fraction of sp³-hybridized carbons (Fsp3) is 0.500. The Morgan fingerprint density at radius 3 is 2.80 bits per heavy atom. The van der Waals surface area contributed by atoms with E-state index in [1.165, 1.54) is 12.1 Å². The fourth-order valence-corrected chi connectivity index (χ4v) is 2.81. The Labute approximate surface area is 119 Å². The van der Waals surface area contributed by atoms with E-state index in [2.05, 4.69) is 19.3 Å². The van der Waals surface area contributed by atoms with Crippen molar-refractivity contribution < 1.29 is 8.81 Å². The monoisotopic (exact) mass is 278 g/mol. The van der Waals surface area contributed by atoms with Crippen LogP contribution in [0.25, 0.3) is 11.0 Å². The molecule has 2 atom stereocenters. The molecule has 2 rings (SSSR count). The molecule has 0 aliphatic heterocycles. The molecule has 0 radical (unpaired) electrons. The SMILES string of the molecule is CCCC(C)CC(NN)c1oc2ccc(F)cc2c1C. The van der Waals surface area contributed by atoms with E-state index < -0.39 is 0 Å². The topological polar surface area (TPSA) is 51.2 Å². The number of nitrogens with two attached hydrogens (primary N) is 1. The largest absolute Gasteiger partial charge is 0.459 e. The second kappa shape index (κ2) is 6.37. The number of rotatable bonds is 6. The molecule has 20 heavy (non-hydrogen) atoms. The van der Waals surface area contributed by atoms with Gasteiger partial charge in [0, 0.05) is 10.9 Å². The minimum atomic E-state index is -0.246. The Hall–Kier alpha value is -1.39. The summed E-state index contributed by atoms with van der Waals surface area (Å²) >= 11 is 0. The second-order valence-electron chi connectivity index (χ2n) is 5.58. The highest BCUT2D eigenvalue weighted by Gasteiger charge is 2.21. The summed E-state index contributed by atoms with van der Waals surface area (Å²) < 4.78 is 19.2. The van der Waals surface area contributed by atoms with Crippen molar-refractivity contribution in [3.05, 3.63) is 35.3 Å². The lowest BCUT2D eigenvalue weighted by Crippen LogP contribution is -2.29. The van der Waals surface area contributed by atoms with E-state index in [1.807, 2.05) is 6.92 Å². The van der Waals surface area contributed by atoms with Gasteiger partial charge in [-0.05, 0) is 37.5 Å². The highest BCUT2D eigenvalue weighted by atomic mass is 19.1. The zero-order chi connectivity index (χ0) is 14.7. The molecule has 0 bridgehead atoms. The number of fused-ring (bicyclic) bond motifs is 1. The molecule has 0 saturated heterocycles. The first-order valence-corrected chi connectivity index (χ1v) is 7.21. The molecule has 1 aromatic heterocycles. The third kappa shape index (κ3) is 3.02. The van der Waals surface area contributed by atoms with Crippen molar-refractivity contribution in [1.29, 1.82) is 0 Å². The summed E-state index contributed by atoms with van der Waals surface area (Å²) in [4.78, 5) is 0. The molecule has 3 N–H and O–H groups in total. The summed E-state index contributed by atoms with van der Waals surface area (Å²) in [5.41, 5.74) is 4.51. The number of aryl methyl sites for hydroxylation is 1. The van der Waals surface area contributed by atoms with Gasteiger partial charge in [0.05, 0.1) is 6.04 Å². The Kier molecular flexibility index (Phi) is 4.78. The first-order valence-electron chi connectivity index (χ1n) is 7.21. The van der Waals surface area contributed by atoms with Gasteiger partial charge in [-0.1, -0.05) is 26.7 Å². The van der Waals surface area contributed by atoms with Crippen molar-refractivity contribution >= 4 is 11.0 Å². The second-order valence-corrected chi connectivity index (χ2v) is 5.58. The van der Waals surface area contributed by atoms with Gasteiger partial charge in [0.1, 0.15) is 17.2 Å². The van der Waals surface area contributed by atoms with Crippen LogP contribution in [0.1, 0.15) is 50.5 Å². The highest BCUT2D eigenvalue weighted by Crippen LogP contribution is 2.33. The van der Waals surface area contributed by atoms with Crippen molar-refractivity contribution in [3.63, 3.8) is 0 Å². The predicted molar refractivity (Wildman–Crippen MR) is 79.7 cm³/mol. The molecule has 0 spiro atoms. The van der Waals surface area contributed by atoms with Gasteiger partial charge < -0.3 is 4.42 Å². The third-order valence-electron chi connectivity index (χ3n) is 3.87. The number of benzene rings is 1. The van der Waals surface area contributed by atoms with Gasteiger partial charge in [-0.25, -0.2) is 9.82 Å². The van der Waals surface area contributed by atoms with Crippen LogP contribution in [0.15, 0.2) is 22.6 Å². The standard InChI is InChI=1S/C16H23FN2O/c1-4-5-10(2)8-14(19-18)16-11(3)13-9-12(17)6-7-15(13)20-16/h6-7,9-10,14,19H,4-5,8,18H2,1-3H3. The summed E-state index contributed by atoms with van der Waals surface area (Å²) in [7, 11) is 0. The molecule has 1 heterocycles. The van der Waals surface area contributed by atoms with Crippen molar-refractivity contribution in [2.45, 2.75) is 46.1 Å². The van der Waals surface area contributed by atoms with Crippen LogP contribution in [0.4, 0.5) is 4.39 Å². The lowest BCUT2D eigenvalue weighted by molar-refractivity contribution is 0.349. The average Bonchev–Trinajstić information content (AvgIpc) is 2.74.